The summed E-state index contributed by atoms with van der Waals surface area (Å²) in [7, 11) is 0. The van der Waals surface area contributed by atoms with Gasteiger partial charge in [0.15, 0.2) is 11.8 Å². The maximum Gasteiger partial charge on any atom is 0.348 e. The van der Waals surface area contributed by atoms with Gasteiger partial charge in [0.1, 0.15) is 48.1 Å². The van der Waals surface area contributed by atoms with Crippen LogP contribution in [-0.2, 0) is 68.6 Å². The molecule has 0 aromatic heterocycles. The van der Waals surface area contributed by atoms with Gasteiger partial charge in [0.2, 0.25) is 17.9 Å². The van der Waals surface area contributed by atoms with Crippen molar-refractivity contribution in [3.63, 3.8) is 0 Å². The molecule has 2 bridgehead atoms. The van der Waals surface area contributed by atoms with E-state index in [1.165, 1.54) is 24.1 Å². The fraction of sp³-hybridized carbons (Fsp3) is 0.714. The van der Waals surface area contributed by atoms with Crippen molar-refractivity contribution in [2.45, 2.75) is 199 Å². The number of benzene rings is 1. The van der Waals surface area contributed by atoms with Gasteiger partial charge in [0, 0.05) is 37.2 Å². The van der Waals surface area contributed by atoms with E-state index in [0.29, 0.717) is 24.0 Å². The molecule has 372 valence electrons. The number of carbonyl (C=O) groups is 6. The Kier molecular flexibility index (Phi) is 16.6. The number of carbonyl (C=O) groups excluding carboxylic acids is 6. The number of fused-ring (bicyclic) bond motifs is 4. The normalized spacial score (nSPS) is 28.5. The molecule has 67 heavy (non-hydrogen) atoms. The highest BCUT2D eigenvalue weighted by molar-refractivity contribution is 5.96. The molecule has 18 heteroatoms. The van der Waals surface area contributed by atoms with Gasteiger partial charge in [-0.25, -0.2) is 9.59 Å². The maximum absolute atomic E-state index is 15.3. The van der Waals surface area contributed by atoms with Crippen LogP contribution >= 0.6 is 0 Å². The largest absolute Gasteiger partial charge is 0.462 e. The summed E-state index contributed by atoms with van der Waals surface area (Å²) in [6.07, 6.45) is 2.91. The number of aliphatic hydroxyl groups is 2. The van der Waals surface area contributed by atoms with Crippen LogP contribution in [-0.4, -0.2) is 130 Å². The molecule has 18 nitrogen and oxygen atoms in total. The third kappa shape index (κ3) is 11.7. The first-order valence-corrected chi connectivity index (χ1v) is 23.9. The Hall–Kier alpha value is -4.46. The zero-order chi connectivity index (χ0) is 48.9. The molecule has 4 heterocycles. The molecular formula is C49H71N3O15. The van der Waals surface area contributed by atoms with Crippen LogP contribution in [0.4, 0.5) is 0 Å². The molecule has 4 aliphatic heterocycles. The van der Waals surface area contributed by atoms with E-state index in [-0.39, 0.29) is 32.4 Å². The molecule has 10 atom stereocenters. The number of ether oxygens (including phenoxy) is 6. The van der Waals surface area contributed by atoms with Gasteiger partial charge in [-0.2, -0.15) is 5.06 Å². The van der Waals surface area contributed by atoms with Crippen LogP contribution in [0.3, 0.4) is 0 Å². The third-order valence-electron chi connectivity index (χ3n) is 13.3. The Labute approximate surface area is 393 Å². The summed E-state index contributed by atoms with van der Waals surface area (Å²) < 4.78 is 36.0. The summed E-state index contributed by atoms with van der Waals surface area (Å²) in [5.74, 6) is -5.28. The number of nitrogens with one attached hydrogen (secondary N) is 2. The summed E-state index contributed by atoms with van der Waals surface area (Å²) in [4.78, 5) is 88.3. The molecule has 5 fully saturated rings. The molecule has 0 spiro atoms. The van der Waals surface area contributed by atoms with E-state index in [4.69, 9.17) is 33.3 Å². The molecule has 1 aromatic carbocycles. The number of amides is 2. The lowest BCUT2D eigenvalue weighted by Gasteiger charge is -2.49. The van der Waals surface area contributed by atoms with Gasteiger partial charge >= 0.3 is 23.9 Å². The van der Waals surface area contributed by atoms with Crippen molar-refractivity contribution in [1.29, 1.82) is 0 Å². The second-order valence-electron chi connectivity index (χ2n) is 20.4. The van der Waals surface area contributed by atoms with Crippen molar-refractivity contribution in [3.05, 3.63) is 41.5 Å². The predicted octanol–water partition coefficient (Wildman–Crippen LogP) is 4.10. The molecule has 1 aliphatic carbocycles. The van der Waals surface area contributed by atoms with Gasteiger partial charge in [-0.05, 0) is 64.2 Å². The van der Waals surface area contributed by atoms with Crippen LogP contribution in [0, 0.1) is 10.8 Å². The van der Waals surface area contributed by atoms with E-state index in [2.05, 4.69) is 24.5 Å². The lowest BCUT2D eigenvalue weighted by Crippen LogP contribution is -2.71. The first kappa shape index (κ1) is 51.9. The van der Waals surface area contributed by atoms with Crippen LogP contribution in [0.15, 0.2) is 30.3 Å². The van der Waals surface area contributed by atoms with Gasteiger partial charge in [-0.1, -0.05) is 77.6 Å². The molecule has 2 amide bonds. The number of aliphatic hydroxyl groups excluding tert-OH is 2. The minimum Gasteiger partial charge on any atom is -0.462 e. The van der Waals surface area contributed by atoms with Gasteiger partial charge in [-0.3, -0.25) is 24.0 Å². The molecular weight excluding hydrogens is 871 g/mol. The van der Waals surface area contributed by atoms with Gasteiger partial charge in [0.25, 0.3) is 0 Å². The zero-order valence-electron chi connectivity index (χ0n) is 40.2. The van der Waals surface area contributed by atoms with Gasteiger partial charge in [0.05, 0.1) is 25.3 Å². The van der Waals surface area contributed by atoms with E-state index in [9.17, 15) is 34.2 Å². The average Bonchev–Trinajstić information content (AvgIpc) is 3.90. The molecule has 4 saturated heterocycles. The minimum absolute atomic E-state index is 0.0197. The average molecular weight is 942 g/mol. The summed E-state index contributed by atoms with van der Waals surface area (Å²) in [5, 5.41) is 28.0. The van der Waals surface area contributed by atoms with Crippen LogP contribution < -0.4 is 10.6 Å². The molecule has 4 N–H and O–H groups in total. The maximum atomic E-state index is 15.3. The highest BCUT2D eigenvalue weighted by Crippen LogP contribution is 2.58. The fourth-order valence-corrected chi connectivity index (χ4v) is 9.82. The number of hydroxylamine groups is 2. The first-order valence-electron chi connectivity index (χ1n) is 23.9. The van der Waals surface area contributed by atoms with Crippen molar-refractivity contribution in [1.82, 2.24) is 15.7 Å². The monoisotopic (exact) mass is 941 g/mol. The quantitative estimate of drug-likeness (QED) is 0.0555. The topological polar surface area (TPSA) is 235 Å². The summed E-state index contributed by atoms with van der Waals surface area (Å²) in [5.41, 5.74) is -2.03. The van der Waals surface area contributed by atoms with Crippen LogP contribution in [0.25, 0.3) is 6.08 Å². The van der Waals surface area contributed by atoms with Crippen molar-refractivity contribution in [2.75, 3.05) is 13.2 Å². The minimum atomic E-state index is -1.73. The summed E-state index contributed by atoms with van der Waals surface area (Å²) >= 11 is 0. The standard InChI is InChI=1S/C49H71N3O15/c1-9-11-15-23-48(24-16-12-10-2)65-37-33-25-49(45(60)51-36(29(3)54)42(57)50-32(27-53)20-22-35(56)64-46(4,5)6)39(43(58)62-33)52(67-40(49)38(37)66-48)26-31-18-14-13-17-30(31)19-21-34(55)63-41-44(59)61-28-47(41,7)8/h13-14,17-19,21,29,32-33,36-41,53-54H,9-12,15-16,20,22-28H2,1-8H3,(H,50,57)(H,51,60)/t29-,32-,33+,36+,37-,38-,39-,40+,41-,49-/m0/s1. The first-order chi connectivity index (χ1) is 31.7. The summed E-state index contributed by atoms with van der Waals surface area (Å²) in [6, 6.07) is 3.19. The van der Waals surface area contributed by atoms with E-state index >= 15 is 4.79 Å². The van der Waals surface area contributed by atoms with E-state index in [1.807, 2.05) is 0 Å². The van der Waals surface area contributed by atoms with Crippen molar-refractivity contribution in [2.24, 2.45) is 10.8 Å². The van der Waals surface area contributed by atoms with Crippen LogP contribution in [0.5, 0.6) is 0 Å². The molecule has 5 aliphatic rings. The van der Waals surface area contributed by atoms with E-state index in [1.54, 1.807) is 58.9 Å². The third-order valence-corrected chi connectivity index (χ3v) is 13.3. The number of esters is 4. The Morgan fingerprint density at radius 2 is 1.64 bits per heavy atom. The van der Waals surface area contributed by atoms with Crippen LogP contribution in [0.2, 0.25) is 0 Å². The SMILES string of the molecule is CCCCCC1(CCCCC)O[C@@H]2[C@H](O1)[C@H]1ON(Cc3ccccc3C=CC(=O)O[C@H]3C(=O)OCC3(C)C)[C@H]3C(=O)O[C@@H]2C[C@@]13C(=O)N[C@@H](C(=O)N[C@H](CO)CCC(=O)OC(C)(C)C)[C@H](C)O. The zero-order valence-corrected chi connectivity index (χ0v) is 40.2. The second-order valence-corrected chi connectivity index (χ2v) is 20.4. The van der Waals surface area contributed by atoms with Gasteiger partial charge in [-0.15, -0.1) is 0 Å². The van der Waals surface area contributed by atoms with Crippen molar-refractivity contribution >= 4 is 41.8 Å². The number of cyclic esters (lactones) is 1. The number of rotatable bonds is 22. The Morgan fingerprint density at radius 3 is 2.25 bits per heavy atom. The molecule has 1 saturated carbocycles. The van der Waals surface area contributed by atoms with Gasteiger partial charge < -0.3 is 49.3 Å². The summed E-state index contributed by atoms with van der Waals surface area (Å²) in [6.45, 7) is 13.7. The number of unbranched alkanes of at least 4 members (excludes halogenated alkanes) is 4. The lowest BCUT2D eigenvalue weighted by atomic mass is 9.62. The Balaban J connectivity index is 1.31. The predicted molar refractivity (Wildman–Crippen MR) is 240 cm³/mol. The number of nitrogens with zero attached hydrogens (tertiary/aromatic N) is 1. The second kappa shape index (κ2) is 21.5. The lowest BCUT2D eigenvalue weighted by molar-refractivity contribution is -0.224. The van der Waals surface area contributed by atoms with Crippen LogP contribution in [0.1, 0.15) is 137 Å². The Bertz CT molecular complexity index is 1990. The highest BCUT2D eigenvalue weighted by Gasteiger charge is 2.76. The smallest absolute Gasteiger partial charge is 0.348 e. The molecule has 1 aromatic rings. The highest BCUT2D eigenvalue weighted by atomic mass is 16.8. The van der Waals surface area contributed by atoms with Crippen molar-refractivity contribution < 1.29 is 72.2 Å². The number of hydrogen-bond acceptors (Lipinski definition) is 16. The van der Waals surface area contributed by atoms with E-state index < -0.39 is 119 Å². The Morgan fingerprint density at radius 1 is 0.970 bits per heavy atom. The molecule has 6 rings (SSSR count). The van der Waals surface area contributed by atoms with Crippen molar-refractivity contribution in [3.8, 4) is 0 Å². The molecule has 0 radical (unpaired) electrons. The fourth-order valence-electron chi connectivity index (χ4n) is 9.82. The van der Waals surface area contributed by atoms with E-state index in [0.717, 1.165) is 38.5 Å². The number of hydrogen-bond donors (Lipinski definition) is 4. The molecule has 0 unspecified atom stereocenters.